The zero-order chi connectivity index (χ0) is 23.5. The van der Waals surface area contributed by atoms with Crippen molar-refractivity contribution in [1.82, 2.24) is 14.5 Å². The number of carbonyl (C=O) groups is 2. The summed E-state index contributed by atoms with van der Waals surface area (Å²) in [5.74, 6) is -0.591. The van der Waals surface area contributed by atoms with E-state index in [2.05, 4.69) is 10.3 Å². The van der Waals surface area contributed by atoms with Gasteiger partial charge >= 0.3 is 12.1 Å². The summed E-state index contributed by atoms with van der Waals surface area (Å²) in [5.41, 5.74) is 1.38. The predicted octanol–water partition coefficient (Wildman–Crippen LogP) is 4.02. The van der Waals surface area contributed by atoms with E-state index in [1.165, 1.54) is 23.7 Å². The van der Waals surface area contributed by atoms with Gasteiger partial charge in [0, 0.05) is 17.3 Å². The molecule has 0 bridgehead atoms. The lowest BCUT2D eigenvalue weighted by atomic mass is 9.95. The Labute approximate surface area is 188 Å². The number of amides is 1. The van der Waals surface area contributed by atoms with Gasteiger partial charge < -0.3 is 14.6 Å². The highest BCUT2D eigenvalue weighted by Gasteiger charge is 2.31. The largest absolute Gasteiger partial charge is 0.462 e. The highest BCUT2D eigenvalue weighted by molar-refractivity contribution is 7.17. The van der Waals surface area contributed by atoms with Crippen LogP contribution in [0.3, 0.4) is 0 Å². The fourth-order valence-corrected chi connectivity index (χ4v) is 4.96. The van der Waals surface area contributed by atoms with Gasteiger partial charge in [0.05, 0.1) is 24.8 Å². The number of rotatable bonds is 8. The van der Waals surface area contributed by atoms with Gasteiger partial charge in [-0.2, -0.15) is 13.2 Å². The van der Waals surface area contributed by atoms with Gasteiger partial charge in [0.2, 0.25) is 5.91 Å². The number of aromatic nitrogens is 2. The monoisotopic (exact) mass is 472 g/mol. The zero-order valence-electron chi connectivity index (χ0n) is 18.3. The minimum Gasteiger partial charge on any atom is -0.462 e. The molecule has 1 N–H and O–H groups in total. The van der Waals surface area contributed by atoms with Crippen LogP contribution < -0.4 is 5.32 Å². The lowest BCUT2D eigenvalue weighted by Gasteiger charge is -2.24. The van der Waals surface area contributed by atoms with Crippen LogP contribution in [0.15, 0.2) is 12.4 Å². The highest BCUT2D eigenvalue weighted by atomic mass is 32.1. The second kappa shape index (κ2) is 10.0. The quantitative estimate of drug-likeness (QED) is 0.588. The molecule has 11 heteroatoms. The second-order valence-electron chi connectivity index (χ2n) is 7.80. The van der Waals surface area contributed by atoms with E-state index < -0.39 is 24.7 Å². The summed E-state index contributed by atoms with van der Waals surface area (Å²) in [6.07, 6.45) is 1.86. The Balaban J connectivity index is 1.73. The minimum absolute atomic E-state index is 0.0589. The summed E-state index contributed by atoms with van der Waals surface area (Å²) in [7, 11) is 1.64. The lowest BCUT2D eigenvalue weighted by Crippen LogP contribution is -2.40. The number of carbonyl (C=O) groups excluding carboxylic acids is 2. The Bertz CT molecular complexity index is 970. The summed E-state index contributed by atoms with van der Waals surface area (Å²) >= 11 is 1.39. The Morgan fingerprint density at radius 1 is 1.34 bits per heavy atom. The summed E-state index contributed by atoms with van der Waals surface area (Å²) in [6.45, 7) is 2.54. The number of ether oxygens (including phenoxy) is 1. The van der Waals surface area contributed by atoms with Gasteiger partial charge in [-0.25, -0.2) is 9.78 Å². The molecule has 1 atom stereocenters. The zero-order valence-corrected chi connectivity index (χ0v) is 19.1. The van der Waals surface area contributed by atoms with Crippen LogP contribution in [0.4, 0.5) is 18.2 Å². The number of esters is 1. The number of thiophene rings is 1. The maximum Gasteiger partial charge on any atom is 0.406 e. The molecule has 2 heterocycles. The number of halogens is 3. The van der Waals surface area contributed by atoms with Crippen LogP contribution in [-0.2, 0) is 35.5 Å². The molecule has 0 aliphatic heterocycles. The Morgan fingerprint density at radius 2 is 2.06 bits per heavy atom. The van der Waals surface area contributed by atoms with Gasteiger partial charge in [-0.15, -0.1) is 11.3 Å². The standard InChI is InChI=1S/C21H27F3N4O3S/c1-4-31-20(30)17-14-7-5-6-8-15(14)32-19(17)26-18(29)13(2)27(3)11-16-25-9-10-28(16)12-21(22,23)24/h9-10,13H,4-8,11-12H2,1-3H3,(H,26,29). The normalized spacial score (nSPS) is 14.8. The maximum absolute atomic E-state index is 12.9. The first-order valence-electron chi connectivity index (χ1n) is 10.5. The third-order valence-electron chi connectivity index (χ3n) is 5.47. The number of imidazole rings is 1. The van der Waals surface area contributed by atoms with Gasteiger partial charge in [-0.1, -0.05) is 0 Å². The lowest BCUT2D eigenvalue weighted by molar-refractivity contribution is -0.141. The molecule has 0 radical (unpaired) electrons. The molecule has 0 fully saturated rings. The molecule has 32 heavy (non-hydrogen) atoms. The fourth-order valence-electron chi connectivity index (χ4n) is 3.68. The van der Waals surface area contributed by atoms with Crippen molar-refractivity contribution in [2.24, 2.45) is 0 Å². The van der Waals surface area contributed by atoms with Crippen molar-refractivity contribution in [1.29, 1.82) is 0 Å². The third-order valence-corrected chi connectivity index (χ3v) is 6.68. The number of hydrogen-bond acceptors (Lipinski definition) is 6. The number of nitrogens with one attached hydrogen (secondary N) is 1. The first-order chi connectivity index (χ1) is 15.1. The van der Waals surface area contributed by atoms with Crippen LogP contribution >= 0.6 is 11.3 Å². The molecular weight excluding hydrogens is 445 g/mol. The first kappa shape index (κ1) is 24.2. The summed E-state index contributed by atoms with van der Waals surface area (Å²) in [5, 5.41) is 3.32. The average molecular weight is 473 g/mol. The smallest absolute Gasteiger partial charge is 0.406 e. The molecule has 0 aromatic carbocycles. The summed E-state index contributed by atoms with van der Waals surface area (Å²) in [4.78, 5) is 32.2. The van der Waals surface area contributed by atoms with Crippen LogP contribution in [0.25, 0.3) is 0 Å². The van der Waals surface area contributed by atoms with E-state index in [1.807, 2.05) is 0 Å². The molecular formula is C21H27F3N4O3S. The van der Waals surface area contributed by atoms with Crippen LogP contribution in [0.5, 0.6) is 0 Å². The van der Waals surface area contributed by atoms with E-state index in [0.717, 1.165) is 40.7 Å². The predicted molar refractivity (Wildman–Crippen MR) is 115 cm³/mol. The molecule has 2 aromatic rings. The number of hydrogen-bond donors (Lipinski definition) is 1. The molecule has 2 aromatic heterocycles. The van der Waals surface area contributed by atoms with Gasteiger partial charge in [0.15, 0.2) is 0 Å². The van der Waals surface area contributed by atoms with E-state index in [-0.39, 0.29) is 24.9 Å². The summed E-state index contributed by atoms with van der Waals surface area (Å²) in [6, 6.07) is -0.666. The van der Waals surface area contributed by atoms with Crippen LogP contribution in [0.1, 0.15) is 53.3 Å². The van der Waals surface area contributed by atoms with Crippen LogP contribution in [0.2, 0.25) is 0 Å². The van der Waals surface area contributed by atoms with Crippen molar-refractivity contribution in [3.05, 3.63) is 34.2 Å². The van der Waals surface area contributed by atoms with Gasteiger partial charge in [-0.05, 0) is 52.1 Å². The average Bonchev–Trinajstić information content (AvgIpc) is 3.29. The number of alkyl halides is 3. The molecule has 7 nitrogen and oxygen atoms in total. The topological polar surface area (TPSA) is 76.5 Å². The molecule has 1 amide bonds. The van der Waals surface area contributed by atoms with Crippen LogP contribution in [-0.4, -0.2) is 52.2 Å². The van der Waals surface area contributed by atoms with Crippen molar-refractivity contribution >= 4 is 28.2 Å². The SMILES string of the molecule is CCOC(=O)c1c(NC(=O)C(C)N(C)Cc2nccn2CC(F)(F)F)sc2c1CCCC2. The van der Waals surface area contributed by atoms with E-state index in [1.54, 1.807) is 25.8 Å². The number of nitrogens with zero attached hydrogens (tertiary/aromatic N) is 3. The Kier molecular flexibility index (Phi) is 7.60. The van der Waals surface area contributed by atoms with Crippen molar-refractivity contribution in [2.45, 2.75) is 64.8 Å². The Morgan fingerprint density at radius 3 is 2.75 bits per heavy atom. The molecule has 1 aliphatic rings. The van der Waals surface area contributed by atoms with Crippen molar-refractivity contribution in [3.8, 4) is 0 Å². The molecule has 0 saturated carbocycles. The Hall–Kier alpha value is -2.40. The molecule has 0 saturated heterocycles. The fraction of sp³-hybridized carbons (Fsp3) is 0.571. The van der Waals surface area contributed by atoms with Gasteiger partial charge in [0.1, 0.15) is 17.4 Å². The van der Waals surface area contributed by atoms with Crippen molar-refractivity contribution in [2.75, 3.05) is 19.0 Å². The second-order valence-corrected chi connectivity index (χ2v) is 8.91. The van der Waals surface area contributed by atoms with Crippen LogP contribution in [0, 0.1) is 0 Å². The number of anilines is 1. The first-order valence-corrected chi connectivity index (χ1v) is 11.3. The number of likely N-dealkylation sites (N-methyl/N-ethyl adjacent to an activating group) is 1. The summed E-state index contributed by atoms with van der Waals surface area (Å²) < 4.78 is 44.5. The van der Waals surface area contributed by atoms with Crippen molar-refractivity contribution < 1.29 is 27.5 Å². The van der Waals surface area contributed by atoms with Gasteiger partial charge in [0.25, 0.3) is 0 Å². The van der Waals surface area contributed by atoms with Gasteiger partial charge in [-0.3, -0.25) is 9.69 Å². The highest BCUT2D eigenvalue weighted by Crippen LogP contribution is 2.38. The molecule has 0 spiro atoms. The number of fused-ring (bicyclic) bond motifs is 1. The van der Waals surface area contributed by atoms with E-state index in [4.69, 9.17) is 4.74 Å². The molecule has 1 unspecified atom stereocenters. The molecule has 3 rings (SSSR count). The van der Waals surface area contributed by atoms with E-state index in [9.17, 15) is 22.8 Å². The van der Waals surface area contributed by atoms with E-state index >= 15 is 0 Å². The maximum atomic E-state index is 12.9. The molecule has 176 valence electrons. The number of aryl methyl sites for hydroxylation is 1. The van der Waals surface area contributed by atoms with E-state index in [0.29, 0.717) is 10.6 Å². The minimum atomic E-state index is -4.36. The molecule has 1 aliphatic carbocycles. The van der Waals surface area contributed by atoms with Crippen molar-refractivity contribution in [3.63, 3.8) is 0 Å². The third kappa shape index (κ3) is 5.69.